The maximum Gasteiger partial charge on any atom is 0.149 e. The maximum absolute atomic E-state index is 11.7. The van der Waals surface area contributed by atoms with Crippen molar-refractivity contribution >= 4 is 5.78 Å². The fourth-order valence-electron chi connectivity index (χ4n) is 2.90. The van der Waals surface area contributed by atoms with Gasteiger partial charge in [0, 0.05) is 19.5 Å². The second-order valence-corrected chi connectivity index (χ2v) is 5.11. The van der Waals surface area contributed by atoms with Gasteiger partial charge in [-0.25, -0.2) is 0 Å². The minimum Gasteiger partial charge on any atom is -0.387 e. The highest BCUT2D eigenvalue weighted by molar-refractivity contribution is 5.84. The number of carbonyl (C=O) groups is 1. The molecule has 1 atom stereocenters. The first-order valence-corrected chi connectivity index (χ1v) is 6.14. The molecule has 1 heterocycles. The fraction of sp³-hybridized carbons (Fsp3) is 0.917. The molecule has 15 heavy (non-hydrogen) atoms. The summed E-state index contributed by atoms with van der Waals surface area (Å²) in [4.78, 5) is 13.8. The van der Waals surface area contributed by atoms with Gasteiger partial charge < -0.3 is 5.11 Å². The number of nitrogens with zero attached hydrogens (tertiary/aromatic N) is 1. The van der Waals surface area contributed by atoms with Gasteiger partial charge in [-0.3, -0.25) is 9.69 Å². The summed E-state index contributed by atoms with van der Waals surface area (Å²) in [6.07, 6.45) is 5.85. The molecular formula is C12H21NO2. The Morgan fingerprint density at radius 3 is 2.80 bits per heavy atom. The quantitative estimate of drug-likeness (QED) is 0.766. The van der Waals surface area contributed by atoms with Crippen LogP contribution < -0.4 is 0 Å². The Balaban J connectivity index is 1.85. The number of rotatable bonds is 3. The molecule has 1 aliphatic heterocycles. The third-order valence-corrected chi connectivity index (χ3v) is 3.67. The van der Waals surface area contributed by atoms with E-state index in [-0.39, 0.29) is 6.04 Å². The number of Topliss-reactive ketones (excluding diaryl/α,β-unsaturated/α-hetero) is 1. The smallest absolute Gasteiger partial charge is 0.149 e. The Hall–Kier alpha value is -0.410. The summed E-state index contributed by atoms with van der Waals surface area (Å²) >= 11 is 0. The van der Waals surface area contributed by atoms with Gasteiger partial charge in [0.1, 0.15) is 5.78 Å². The van der Waals surface area contributed by atoms with Crippen LogP contribution in [-0.2, 0) is 4.79 Å². The van der Waals surface area contributed by atoms with Crippen LogP contribution in [0.2, 0.25) is 0 Å². The van der Waals surface area contributed by atoms with Gasteiger partial charge in [0.05, 0.1) is 11.6 Å². The van der Waals surface area contributed by atoms with Crippen LogP contribution in [0.5, 0.6) is 0 Å². The molecule has 0 bridgehead atoms. The van der Waals surface area contributed by atoms with Crippen LogP contribution in [0, 0.1) is 0 Å². The zero-order valence-electron chi connectivity index (χ0n) is 9.54. The molecule has 1 aliphatic carbocycles. The Morgan fingerprint density at radius 1 is 1.47 bits per heavy atom. The predicted octanol–water partition coefficient (Wildman–Crippen LogP) is 1.34. The molecular weight excluding hydrogens is 190 g/mol. The summed E-state index contributed by atoms with van der Waals surface area (Å²) in [7, 11) is 0. The number of carbonyl (C=O) groups excluding carboxylic acids is 1. The maximum atomic E-state index is 11.7. The first kappa shape index (κ1) is 11.1. The summed E-state index contributed by atoms with van der Waals surface area (Å²) in [6.45, 7) is 3.50. The van der Waals surface area contributed by atoms with Crippen molar-refractivity contribution in [2.24, 2.45) is 0 Å². The van der Waals surface area contributed by atoms with E-state index >= 15 is 0 Å². The zero-order chi connectivity index (χ0) is 10.9. The van der Waals surface area contributed by atoms with Gasteiger partial charge in [-0.1, -0.05) is 19.8 Å². The molecule has 1 N–H and O–H groups in total. The Morgan fingerprint density at radius 2 is 2.20 bits per heavy atom. The lowest BCUT2D eigenvalue weighted by Gasteiger charge is -2.50. The van der Waals surface area contributed by atoms with Crippen molar-refractivity contribution in [1.82, 2.24) is 4.90 Å². The molecule has 1 saturated carbocycles. The fourth-order valence-corrected chi connectivity index (χ4v) is 2.90. The monoisotopic (exact) mass is 211 g/mol. The molecule has 3 nitrogen and oxygen atoms in total. The van der Waals surface area contributed by atoms with E-state index < -0.39 is 5.60 Å². The number of hydrogen-bond acceptors (Lipinski definition) is 3. The summed E-state index contributed by atoms with van der Waals surface area (Å²) in [5.41, 5.74) is -0.494. The minimum absolute atomic E-state index is 0.121. The molecule has 0 aromatic heterocycles. The number of aliphatic hydroxyl groups is 1. The largest absolute Gasteiger partial charge is 0.387 e. The van der Waals surface area contributed by atoms with Crippen molar-refractivity contribution in [2.45, 2.75) is 57.1 Å². The predicted molar refractivity (Wildman–Crippen MR) is 58.7 cm³/mol. The molecule has 2 fully saturated rings. The van der Waals surface area contributed by atoms with Crippen molar-refractivity contribution in [3.05, 3.63) is 0 Å². The molecule has 0 spiro atoms. The van der Waals surface area contributed by atoms with E-state index in [1.165, 1.54) is 6.42 Å². The summed E-state index contributed by atoms with van der Waals surface area (Å²) in [5, 5.41) is 10.0. The van der Waals surface area contributed by atoms with E-state index in [1.807, 2.05) is 0 Å². The first-order chi connectivity index (χ1) is 7.14. The molecule has 1 saturated heterocycles. The highest BCUT2D eigenvalue weighted by Crippen LogP contribution is 2.31. The minimum atomic E-state index is -0.494. The molecule has 1 unspecified atom stereocenters. The molecule has 2 aliphatic rings. The standard InChI is InChI=1S/C12H21NO2/c1-2-7-12(15)8-13(9-12)10-5-3-4-6-11(10)14/h10,15H,2-9H2,1H3. The average molecular weight is 211 g/mol. The Labute approximate surface area is 91.5 Å². The van der Waals surface area contributed by atoms with Crippen LogP contribution in [0.25, 0.3) is 0 Å². The van der Waals surface area contributed by atoms with E-state index in [1.54, 1.807) is 0 Å². The van der Waals surface area contributed by atoms with Gasteiger partial charge in [-0.15, -0.1) is 0 Å². The lowest BCUT2D eigenvalue weighted by molar-refractivity contribution is -0.146. The zero-order valence-corrected chi connectivity index (χ0v) is 9.54. The molecule has 0 amide bonds. The highest BCUT2D eigenvalue weighted by Gasteiger charge is 2.45. The van der Waals surface area contributed by atoms with Crippen LogP contribution in [-0.4, -0.2) is 40.5 Å². The van der Waals surface area contributed by atoms with Crippen molar-refractivity contribution < 1.29 is 9.90 Å². The second kappa shape index (κ2) is 4.22. The van der Waals surface area contributed by atoms with Gasteiger partial charge in [-0.2, -0.15) is 0 Å². The van der Waals surface area contributed by atoms with Crippen molar-refractivity contribution in [1.29, 1.82) is 0 Å². The SMILES string of the molecule is CCCC1(O)CN(C2CCCCC2=O)C1. The highest BCUT2D eigenvalue weighted by atomic mass is 16.3. The van der Waals surface area contributed by atoms with Crippen LogP contribution in [0.4, 0.5) is 0 Å². The lowest BCUT2D eigenvalue weighted by Crippen LogP contribution is -2.66. The van der Waals surface area contributed by atoms with E-state index in [0.717, 1.165) is 32.1 Å². The van der Waals surface area contributed by atoms with Crippen LogP contribution in [0.3, 0.4) is 0 Å². The molecule has 3 heteroatoms. The summed E-state index contributed by atoms with van der Waals surface area (Å²) < 4.78 is 0. The third-order valence-electron chi connectivity index (χ3n) is 3.67. The number of likely N-dealkylation sites (tertiary alicyclic amines) is 1. The van der Waals surface area contributed by atoms with Crippen LogP contribution in [0.15, 0.2) is 0 Å². The summed E-state index contributed by atoms with van der Waals surface area (Å²) in [6, 6.07) is 0.121. The number of ketones is 1. The first-order valence-electron chi connectivity index (χ1n) is 6.14. The van der Waals surface area contributed by atoms with Gasteiger partial charge in [0.25, 0.3) is 0 Å². The van der Waals surface area contributed by atoms with Gasteiger partial charge in [-0.05, 0) is 19.3 Å². The topological polar surface area (TPSA) is 40.5 Å². The normalized spacial score (nSPS) is 31.3. The van der Waals surface area contributed by atoms with E-state index in [9.17, 15) is 9.90 Å². The molecule has 0 radical (unpaired) electrons. The van der Waals surface area contributed by atoms with Crippen LogP contribution >= 0.6 is 0 Å². The lowest BCUT2D eigenvalue weighted by atomic mass is 9.84. The molecule has 0 aromatic carbocycles. The second-order valence-electron chi connectivity index (χ2n) is 5.11. The van der Waals surface area contributed by atoms with Crippen molar-refractivity contribution in [2.75, 3.05) is 13.1 Å². The summed E-state index contributed by atoms with van der Waals surface area (Å²) in [5.74, 6) is 0.389. The van der Waals surface area contributed by atoms with Crippen molar-refractivity contribution in [3.8, 4) is 0 Å². The number of β-amino-alcohol motifs (C(OH)–C–C–N with tert-alkyl or cyclic N) is 1. The van der Waals surface area contributed by atoms with E-state index in [4.69, 9.17) is 0 Å². The van der Waals surface area contributed by atoms with Gasteiger partial charge in [0.2, 0.25) is 0 Å². The number of hydrogen-bond donors (Lipinski definition) is 1. The molecule has 0 aromatic rings. The Bertz CT molecular complexity index is 246. The van der Waals surface area contributed by atoms with Crippen molar-refractivity contribution in [3.63, 3.8) is 0 Å². The average Bonchev–Trinajstić information content (AvgIpc) is 2.15. The van der Waals surface area contributed by atoms with Crippen LogP contribution in [0.1, 0.15) is 45.4 Å². The Kier molecular flexibility index (Phi) is 3.12. The van der Waals surface area contributed by atoms with Gasteiger partial charge in [0.15, 0.2) is 0 Å². The molecule has 2 rings (SSSR count). The third kappa shape index (κ3) is 2.23. The molecule has 86 valence electrons. The van der Waals surface area contributed by atoms with E-state index in [2.05, 4.69) is 11.8 Å². The van der Waals surface area contributed by atoms with Gasteiger partial charge >= 0.3 is 0 Å². The van der Waals surface area contributed by atoms with E-state index in [0.29, 0.717) is 18.9 Å².